The summed E-state index contributed by atoms with van der Waals surface area (Å²) in [6.07, 6.45) is -0.323. The van der Waals surface area contributed by atoms with E-state index in [9.17, 15) is 14.4 Å². The molecule has 0 radical (unpaired) electrons. The Balaban J connectivity index is 2.06. The maximum atomic E-state index is 13.2. The number of esters is 1. The predicted molar refractivity (Wildman–Crippen MR) is 126 cm³/mol. The molecule has 1 fully saturated rings. The molecule has 1 saturated heterocycles. The Morgan fingerprint density at radius 1 is 1.09 bits per heavy atom. The third kappa shape index (κ3) is 8.95. The van der Waals surface area contributed by atoms with Crippen molar-refractivity contribution >= 4 is 18.0 Å². The number of carbonyl (C=O) groups excluding carboxylic acids is 3. The molecule has 0 bridgehead atoms. The van der Waals surface area contributed by atoms with Crippen LogP contribution in [0.4, 0.5) is 4.79 Å². The van der Waals surface area contributed by atoms with E-state index in [0.717, 1.165) is 5.56 Å². The van der Waals surface area contributed by atoms with Crippen LogP contribution in [0.2, 0.25) is 0 Å². The number of hydrogen-bond donors (Lipinski definition) is 1. The fraction of sp³-hybridized carbons (Fsp3) is 0.640. The minimum atomic E-state index is -0.827. The van der Waals surface area contributed by atoms with Crippen LogP contribution in [0.25, 0.3) is 0 Å². The van der Waals surface area contributed by atoms with E-state index < -0.39 is 36.0 Å². The maximum absolute atomic E-state index is 13.2. The van der Waals surface area contributed by atoms with Crippen molar-refractivity contribution in [3.63, 3.8) is 0 Å². The molecule has 2 amide bonds. The van der Waals surface area contributed by atoms with E-state index in [1.54, 1.807) is 34.6 Å². The Kier molecular flexibility index (Phi) is 10.8. The number of carbonyl (C=O) groups is 3. The largest absolute Gasteiger partial charge is 0.460 e. The Labute approximate surface area is 202 Å². The molecule has 1 aliphatic rings. The molecule has 2 atom stereocenters. The summed E-state index contributed by atoms with van der Waals surface area (Å²) in [5, 5.41) is 2.86. The molecule has 9 nitrogen and oxygen atoms in total. The van der Waals surface area contributed by atoms with E-state index in [-0.39, 0.29) is 18.9 Å². The summed E-state index contributed by atoms with van der Waals surface area (Å²) < 4.78 is 22.2. The monoisotopic (exact) mass is 478 g/mol. The molecular weight excluding hydrogens is 440 g/mol. The molecule has 1 aliphatic heterocycles. The lowest BCUT2D eigenvalue weighted by Crippen LogP contribution is -2.53. The lowest BCUT2D eigenvalue weighted by molar-refractivity contribution is -0.172. The Morgan fingerprint density at radius 2 is 1.74 bits per heavy atom. The SMILES string of the molecule is CCOC(OCC)[C@H](CC(=O)OC(C)(C)C)NC(=O)[C@@H]1CCCN1C(=O)OCc1ccccc1. The predicted octanol–water partition coefficient (Wildman–Crippen LogP) is 3.40. The van der Waals surface area contributed by atoms with Crippen LogP contribution in [-0.2, 0) is 35.1 Å². The number of rotatable bonds is 11. The topological polar surface area (TPSA) is 103 Å². The van der Waals surface area contributed by atoms with Gasteiger partial charge in [0.2, 0.25) is 5.91 Å². The third-order valence-electron chi connectivity index (χ3n) is 5.12. The fourth-order valence-corrected chi connectivity index (χ4v) is 3.73. The normalized spacial score (nSPS) is 16.9. The highest BCUT2D eigenvalue weighted by molar-refractivity contribution is 5.87. The van der Waals surface area contributed by atoms with Gasteiger partial charge in [-0.15, -0.1) is 0 Å². The van der Waals surface area contributed by atoms with Crippen LogP contribution in [0.15, 0.2) is 30.3 Å². The first kappa shape index (κ1) is 27.6. The van der Waals surface area contributed by atoms with Gasteiger partial charge in [0, 0.05) is 19.8 Å². The Morgan fingerprint density at radius 3 is 2.32 bits per heavy atom. The van der Waals surface area contributed by atoms with Crippen molar-refractivity contribution in [1.82, 2.24) is 10.2 Å². The lowest BCUT2D eigenvalue weighted by atomic mass is 10.1. The zero-order chi connectivity index (χ0) is 25.1. The maximum Gasteiger partial charge on any atom is 0.410 e. The van der Waals surface area contributed by atoms with Gasteiger partial charge in [0.15, 0.2) is 6.29 Å². The molecule has 1 N–H and O–H groups in total. The second-order valence-corrected chi connectivity index (χ2v) is 9.08. The van der Waals surface area contributed by atoms with Gasteiger partial charge in [0.05, 0.1) is 12.5 Å². The summed E-state index contributed by atoms with van der Waals surface area (Å²) >= 11 is 0. The van der Waals surface area contributed by atoms with Gasteiger partial charge in [-0.05, 0) is 53.0 Å². The highest BCUT2D eigenvalue weighted by Crippen LogP contribution is 2.20. The van der Waals surface area contributed by atoms with Crippen LogP contribution >= 0.6 is 0 Å². The van der Waals surface area contributed by atoms with Crippen molar-refractivity contribution < 1.29 is 33.3 Å². The molecule has 2 rings (SSSR count). The molecule has 1 aromatic carbocycles. The van der Waals surface area contributed by atoms with E-state index in [4.69, 9.17) is 18.9 Å². The zero-order valence-electron chi connectivity index (χ0n) is 20.9. The van der Waals surface area contributed by atoms with Gasteiger partial charge in [-0.1, -0.05) is 30.3 Å². The number of benzene rings is 1. The summed E-state index contributed by atoms with van der Waals surface area (Å²) in [7, 11) is 0. The van der Waals surface area contributed by atoms with Crippen molar-refractivity contribution in [3.8, 4) is 0 Å². The highest BCUT2D eigenvalue weighted by Gasteiger charge is 2.38. The van der Waals surface area contributed by atoms with Gasteiger partial charge in [-0.2, -0.15) is 0 Å². The van der Waals surface area contributed by atoms with E-state index in [1.165, 1.54) is 4.90 Å². The number of ether oxygens (including phenoxy) is 4. The average molecular weight is 479 g/mol. The van der Waals surface area contributed by atoms with Gasteiger partial charge >= 0.3 is 12.1 Å². The highest BCUT2D eigenvalue weighted by atomic mass is 16.7. The molecule has 0 aromatic heterocycles. The van der Waals surface area contributed by atoms with Gasteiger partial charge in [0.1, 0.15) is 18.2 Å². The first-order valence-electron chi connectivity index (χ1n) is 11.9. The third-order valence-corrected chi connectivity index (χ3v) is 5.12. The average Bonchev–Trinajstić information content (AvgIpc) is 3.26. The summed E-state index contributed by atoms with van der Waals surface area (Å²) in [4.78, 5) is 39.8. The molecule has 0 aliphatic carbocycles. The summed E-state index contributed by atoms with van der Waals surface area (Å²) in [6.45, 7) is 10.2. The fourth-order valence-electron chi connectivity index (χ4n) is 3.73. The summed E-state index contributed by atoms with van der Waals surface area (Å²) in [5.74, 6) is -0.861. The number of hydrogen-bond acceptors (Lipinski definition) is 7. The molecule has 1 heterocycles. The van der Waals surface area contributed by atoms with E-state index in [2.05, 4.69) is 5.32 Å². The van der Waals surface area contributed by atoms with Crippen LogP contribution in [0.3, 0.4) is 0 Å². The second-order valence-electron chi connectivity index (χ2n) is 9.08. The molecule has 9 heteroatoms. The zero-order valence-corrected chi connectivity index (χ0v) is 20.9. The van der Waals surface area contributed by atoms with E-state index >= 15 is 0 Å². The molecule has 0 unspecified atom stereocenters. The molecule has 190 valence electrons. The Bertz CT molecular complexity index is 788. The van der Waals surface area contributed by atoms with Gasteiger partial charge < -0.3 is 24.3 Å². The van der Waals surface area contributed by atoms with Crippen molar-refractivity contribution in [3.05, 3.63) is 35.9 Å². The van der Waals surface area contributed by atoms with Crippen molar-refractivity contribution in [1.29, 1.82) is 0 Å². The Hall–Kier alpha value is -2.65. The van der Waals surface area contributed by atoms with E-state index in [0.29, 0.717) is 32.6 Å². The lowest BCUT2D eigenvalue weighted by Gasteiger charge is -2.30. The quantitative estimate of drug-likeness (QED) is 0.384. The molecule has 0 spiro atoms. The molecule has 34 heavy (non-hydrogen) atoms. The van der Waals surface area contributed by atoms with E-state index in [1.807, 2.05) is 30.3 Å². The number of amides is 2. The van der Waals surface area contributed by atoms with Crippen molar-refractivity contribution in [2.24, 2.45) is 0 Å². The summed E-state index contributed by atoms with van der Waals surface area (Å²) in [6, 6.07) is 7.88. The molecule has 0 saturated carbocycles. The first-order chi connectivity index (χ1) is 16.1. The van der Waals surface area contributed by atoms with Crippen LogP contribution in [-0.4, -0.2) is 66.6 Å². The van der Waals surface area contributed by atoms with Gasteiger partial charge in [-0.3, -0.25) is 14.5 Å². The molecule has 1 aromatic rings. The van der Waals surface area contributed by atoms with Gasteiger partial charge in [-0.25, -0.2) is 4.79 Å². The summed E-state index contributed by atoms with van der Waals surface area (Å²) in [5.41, 5.74) is 0.202. The van der Waals surface area contributed by atoms with Crippen molar-refractivity contribution in [2.75, 3.05) is 19.8 Å². The minimum Gasteiger partial charge on any atom is -0.460 e. The molecular formula is C25H38N2O7. The minimum absolute atomic E-state index is 0.126. The standard InChI is InChI=1S/C25H38N2O7/c1-6-31-23(32-7-2)19(16-21(28)34-25(3,4)5)26-22(29)20-14-11-15-27(20)24(30)33-17-18-12-9-8-10-13-18/h8-10,12-13,19-20,23H,6-7,11,14-17H2,1-5H3,(H,26,29)/t19-,20-/m0/s1. The van der Waals surface area contributed by atoms with Crippen LogP contribution in [0, 0.1) is 0 Å². The number of nitrogens with zero attached hydrogens (tertiary/aromatic N) is 1. The van der Waals surface area contributed by atoms with Crippen LogP contribution < -0.4 is 5.32 Å². The van der Waals surface area contributed by atoms with Crippen LogP contribution in [0.5, 0.6) is 0 Å². The van der Waals surface area contributed by atoms with Crippen LogP contribution in [0.1, 0.15) is 59.4 Å². The van der Waals surface area contributed by atoms with Gasteiger partial charge in [0.25, 0.3) is 0 Å². The number of likely N-dealkylation sites (tertiary alicyclic amines) is 1. The smallest absolute Gasteiger partial charge is 0.410 e. The van der Waals surface area contributed by atoms with Crippen molar-refractivity contribution in [2.45, 2.75) is 84.5 Å². The first-order valence-corrected chi connectivity index (χ1v) is 11.9. The number of nitrogens with one attached hydrogen (secondary N) is 1. The second kappa shape index (κ2) is 13.3.